The fourth-order valence-corrected chi connectivity index (χ4v) is 7.10. The summed E-state index contributed by atoms with van der Waals surface area (Å²) < 4.78 is 14.6. The normalized spacial score (nSPS) is 49.4. The van der Waals surface area contributed by atoms with E-state index in [9.17, 15) is 19.4 Å². The fraction of sp³-hybridized carbons (Fsp3) is 0.850. The minimum Gasteiger partial charge on any atom is -0.509 e. The molecule has 0 aromatic carbocycles. The Hall–Kier alpha value is -1.06. The highest BCUT2D eigenvalue weighted by molar-refractivity contribution is 5.79. The quantitative estimate of drug-likeness (QED) is 0.718. The molecule has 0 radical (unpaired) electrons. The standard InChI is InChI=1S/C20H29FO3/c1-11(21)20-8-6-15-14(16(20)10-17(23)18(20)24)4-3-12-9-13(22)5-7-19(12,15)2/h11-12,14-16,23-24H,3-10H2,1-2H3/t11?,12-,14+,15-,16-,19-,20+/m0/s1. The summed E-state index contributed by atoms with van der Waals surface area (Å²) in [5.74, 6) is 1.64. The van der Waals surface area contributed by atoms with Crippen molar-refractivity contribution in [3.05, 3.63) is 11.5 Å². The largest absolute Gasteiger partial charge is 0.509 e. The van der Waals surface area contributed by atoms with Gasteiger partial charge in [0.05, 0.1) is 5.41 Å². The Morgan fingerprint density at radius 3 is 2.58 bits per heavy atom. The topological polar surface area (TPSA) is 57.5 Å². The van der Waals surface area contributed by atoms with Gasteiger partial charge in [-0.1, -0.05) is 6.92 Å². The van der Waals surface area contributed by atoms with Crippen LogP contribution in [0.3, 0.4) is 0 Å². The first-order chi connectivity index (χ1) is 11.3. The third-order valence-corrected chi connectivity index (χ3v) is 8.45. The summed E-state index contributed by atoms with van der Waals surface area (Å²) in [6.45, 7) is 3.88. The molecule has 4 aliphatic rings. The summed E-state index contributed by atoms with van der Waals surface area (Å²) in [4.78, 5) is 11.9. The molecule has 4 aliphatic carbocycles. The van der Waals surface area contributed by atoms with Crippen molar-refractivity contribution in [2.24, 2.45) is 34.5 Å². The molecule has 3 fully saturated rings. The second-order valence-corrected chi connectivity index (χ2v) is 9.09. The van der Waals surface area contributed by atoms with Crippen molar-refractivity contribution in [3.8, 4) is 0 Å². The molecule has 3 nitrogen and oxygen atoms in total. The summed E-state index contributed by atoms with van der Waals surface area (Å²) in [5, 5.41) is 20.7. The molecule has 2 N–H and O–H groups in total. The number of aliphatic hydroxyl groups is 2. The Bertz CT molecular complexity index is 598. The van der Waals surface area contributed by atoms with Crippen LogP contribution in [0.15, 0.2) is 11.5 Å². The highest BCUT2D eigenvalue weighted by atomic mass is 19.1. The third kappa shape index (κ3) is 1.91. The molecule has 7 atom stereocenters. The summed E-state index contributed by atoms with van der Waals surface area (Å²) in [7, 11) is 0. The average molecular weight is 336 g/mol. The number of allylic oxidation sites excluding steroid dienone is 2. The van der Waals surface area contributed by atoms with E-state index in [0.29, 0.717) is 49.2 Å². The summed E-state index contributed by atoms with van der Waals surface area (Å²) >= 11 is 0. The van der Waals surface area contributed by atoms with Gasteiger partial charge in [-0.25, -0.2) is 4.39 Å². The van der Waals surface area contributed by atoms with Crippen LogP contribution < -0.4 is 0 Å². The molecule has 1 unspecified atom stereocenters. The summed E-state index contributed by atoms with van der Waals surface area (Å²) in [6.07, 6.45) is 5.15. The first-order valence-corrected chi connectivity index (χ1v) is 9.58. The van der Waals surface area contributed by atoms with E-state index in [4.69, 9.17) is 0 Å². The SMILES string of the molecule is CC(F)[C@]12CC[C@H]3[C@@H](CC[C@H]4CC(=O)CC[C@@]43C)[C@@H]1CC(O)=C2O. The van der Waals surface area contributed by atoms with E-state index in [-0.39, 0.29) is 22.9 Å². The molecule has 24 heavy (non-hydrogen) atoms. The molecule has 4 heteroatoms. The number of Topliss-reactive ketones (excluding diaryl/α,β-unsaturated/α-hetero) is 1. The van der Waals surface area contributed by atoms with Gasteiger partial charge in [0.2, 0.25) is 0 Å². The lowest BCUT2D eigenvalue weighted by atomic mass is 9.44. The average Bonchev–Trinajstić information content (AvgIpc) is 2.81. The number of halogens is 1. The van der Waals surface area contributed by atoms with Crippen molar-refractivity contribution in [2.75, 3.05) is 0 Å². The van der Waals surface area contributed by atoms with Gasteiger partial charge in [0.1, 0.15) is 23.5 Å². The number of aliphatic hydroxyl groups excluding tert-OH is 2. The van der Waals surface area contributed by atoms with Gasteiger partial charge < -0.3 is 10.2 Å². The second kappa shape index (κ2) is 5.22. The molecule has 0 bridgehead atoms. The number of fused-ring (bicyclic) bond motifs is 5. The molecule has 3 saturated carbocycles. The maximum absolute atomic E-state index is 14.6. The Kier molecular flexibility index (Phi) is 3.57. The first-order valence-electron chi connectivity index (χ1n) is 9.58. The molecular formula is C20H29FO3. The van der Waals surface area contributed by atoms with E-state index < -0.39 is 11.6 Å². The number of ketones is 1. The lowest BCUT2D eigenvalue weighted by Gasteiger charge is -2.60. The van der Waals surface area contributed by atoms with Crippen molar-refractivity contribution in [3.63, 3.8) is 0 Å². The van der Waals surface area contributed by atoms with Crippen LogP contribution in [0.4, 0.5) is 4.39 Å². The van der Waals surface area contributed by atoms with Crippen molar-refractivity contribution < 1.29 is 19.4 Å². The minimum atomic E-state index is -1.15. The lowest BCUT2D eigenvalue weighted by Crippen LogP contribution is -2.55. The van der Waals surface area contributed by atoms with Gasteiger partial charge in [-0.05, 0) is 68.1 Å². The van der Waals surface area contributed by atoms with Crippen LogP contribution in [0.25, 0.3) is 0 Å². The summed E-state index contributed by atoms with van der Waals surface area (Å²) in [5.41, 5.74) is -0.713. The van der Waals surface area contributed by atoms with Crippen LogP contribution in [0, 0.1) is 34.5 Å². The van der Waals surface area contributed by atoms with Crippen LogP contribution in [0.1, 0.15) is 65.2 Å². The Balaban J connectivity index is 1.69. The Labute approximate surface area is 143 Å². The Morgan fingerprint density at radius 1 is 1.12 bits per heavy atom. The van der Waals surface area contributed by atoms with E-state index in [1.54, 1.807) is 0 Å². The molecule has 0 spiro atoms. The fourth-order valence-electron chi connectivity index (χ4n) is 7.10. The van der Waals surface area contributed by atoms with Gasteiger partial charge in [0.15, 0.2) is 0 Å². The zero-order valence-corrected chi connectivity index (χ0v) is 14.7. The van der Waals surface area contributed by atoms with Gasteiger partial charge in [-0.3, -0.25) is 4.79 Å². The third-order valence-electron chi connectivity index (χ3n) is 8.45. The smallest absolute Gasteiger partial charge is 0.139 e. The maximum Gasteiger partial charge on any atom is 0.139 e. The highest BCUT2D eigenvalue weighted by Gasteiger charge is 2.63. The van der Waals surface area contributed by atoms with Gasteiger partial charge in [-0.2, -0.15) is 0 Å². The van der Waals surface area contributed by atoms with Crippen LogP contribution in [0.2, 0.25) is 0 Å². The van der Waals surface area contributed by atoms with E-state index >= 15 is 0 Å². The zero-order chi connectivity index (χ0) is 17.3. The highest BCUT2D eigenvalue weighted by Crippen LogP contribution is 2.67. The van der Waals surface area contributed by atoms with Crippen LogP contribution >= 0.6 is 0 Å². The predicted molar refractivity (Wildman–Crippen MR) is 89.3 cm³/mol. The molecular weight excluding hydrogens is 307 g/mol. The number of carbonyl (C=O) groups is 1. The minimum absolute atomic E-state index is 0.00616. The second-order valence-electron chi connectivity index (χ2n) is 9.09. The predicted octanol–water partition coefficient (Wildman–Crippen LogP) is 4.87. The molecule has 0 aromatic heterocycles. The molecule has 0 amide bonds. The van der Waals surface area contributed by atoms with E-state index in [1.165, 1.54) is 6.92 Å². The van der Waals surface area contributed by atoms with Crippen molar-refractivity contribution in [1.82, 2.24) is 0 Å². The molecule has 0 aromatic rings. The van der Waals surface area contributed by atoms with E-state index in [2.05, 4.69) is 6.92 Å². The van der Waals surface area contributed by atoms with Gasteiger partial charge in [0.25, 0.3) is 0 Å². The molecule has 0 saturated heterocycles. The molecule has 0 aliphatic heterocycles. The maximum atomic E-state index is 14.6. The van der Waals surface area contributed by atoms with E-state index in [1.807, 2.05) is 0 Å². The van der Waals surface area contributed by atoms with Crippen LogP contribution in [0.5, 0.6) is 0 Å². The molecule has 4 rings (SSSR count). The van der Waals surface area contributed by atoms with Crippen molar-refractivity contribution in [1.29, 1.82) is 0 Å². The number of alkyl halides is 1. The van der Waals surface area contributed by atoms with Crippen molar-refractivity contribution in [2.45, 2.75) is 71.4 Å². The molecule has 134 valence electrons. The first kappa shape index (κ1) is 16.4. The van der Waals surface area contributed by atoms with Gasteiger partial charge in [-0.15, -0.1) is 0 Å². The zero-order valence-electron chi connectivity index (χ0n) is 14.7. The van der Waals surface area contributed by atoms with E-state index in [0.717, 1.165) is 25.7 Å². The Morgan fingerprint density at radius 2 is 1.88 bits per heavy atom. The summed E-state index contributed by atoms with van der Waals surface area (Å²) in [6, 6.07) is 0. The lowest BCUT2D eigenvalue weighted by molar-refractivity contribution is -0.143. The van der Waals surface area contributed by atoms with Gasteiger partial charge >= 0.3 is 0 Å². The van der Waals surface area contributed by atoms with Crippen LogP contribution in [-0.4, -0.2) is 22.2 Å². The van der Waals surface area contributed by atoms with Gasteiger partial charge in [0, 0.05) is 19.3 Å². The number of rotatable bonds is 1. The number of hydrogen-bond donors (Lipinski definition) is 2. The number of carbonyl (C=O) groups excluding carboxylic acids is 1. The van der Waals surface area contributed by atoms with Crippen molar-refractivity contribution >= 4 is 5.78 Å². The number of hydrogen-bond acceptors (Lipinski definition) is 3. The van der Waals surface area contributed by atoms with Crippen LogP contribution in [-0.2, 0) is 4.79 Å². The molecule has 0 heterocycles. The monoisotopic (exact) mass is 336 g/mol.